The van der Waals surface area contributed by atoms with Crippen molar-refractivity contribution < 1.29 is 18.6 Å². The molecule has 0 radical (unpaired) electrons. The number of halogens is 1. The molecule has 1 saturated heterocycles. The minimum Gasteiger partial charge on any atom is -0.491 e. The Labute approximate surface area is 112 Å². The number of rotatable bonds is 5. The van der Waals surface area contributed by atoms with Crippen molar-refractivity contribution in [3.63, 3.8) is 0 Å². The Balaban J connectivity index is 2.00. The van der Waals surface area contributed by atoms with E-state index in [-0.39, 0.29) is 5.75 Å². The number of benzene rings is 1. The van der Waals surface area contributed by atoms with Gasteiger partial charge in [-0.2, -0.15) is 0 Å². The van der Waals surface area contributed by atoms with Crippen molar-refractivity contribution in [2.75, 3.05) is 32.2 Å². The van der Waals surface area contributed by atoms with Crippen LogP contribution in [0.4, 0.5) is 10.1 Å². The summed E-state index contributed by atoms with van der Waals surface area (Å²) in [4.78, 5) is 0. The Morgan fingerprint density at radius 1 is 1.26 bits per heavy atom. The van der Waals surface area contributed by atoms with Crippen LogP contribution in [0.1, 0.15) is 19.8 Å². The van der Waals surface area contributed by atoms with Gasteiger partial charge in [0.15, 0.2) is 11.6 Å². The third kappa shape index (κ3) is 3.73. The van der Waals surface area contributed by atoms with Crippen molar-refractivity contribution in [2.45, 2.75) is 19.8 Å². The molecule has 19 heavy (non-hydrogen) atoms. The maximum Gasteiger partial charge on any atom is 0.167 e. The van der Waals surface area contributed by atoms with Crippen LogP contribution < -0.4 is 15.2 Å². The molecule has 1 aliphatic heterocycles. The molecule has 106 valence electrons. The van der Waals surface area contributed by atoms with Gasteiger partial charge in [0.1, 0.15) is 5.75 Å². The van der Waals surface area contributed by atoms with Crippen molar-refractivity contribution in [3.8, 4) is 11.5 Å². The van der Waals surface area contributed by atoms with Crippen LogP contribution in [0.5, 0.6) is 11.5 Å². The number of nitrogen functional groups attached to an aromatic ring is 1. The number of anilines is 1. The van der Waals surface area contributed by atoms with E-state index in [2.05, 4.69) is 0 Å². The maximum absolute atomic E-state index is 13.5. The van der Waals surface area contributed by atoms with Gasteiger partial charge in [-0.15, -0.1) is 0 Å². The Morgan fingerprint density at radius 3 is 2.68 bits per heavy atom. The second kappa shape index (κ2) is 6.61. The molecule has 1 aliphatic rings. The average molecular weight is 269 g/mol. The molecule has 5 heteroatoms. The highest BCUT2D eigenvalue weighted by molar-refractivity contribution is 5.56. The van der Waals surface area contributed by atoms with Gasteiger partial charge in [0.2, 0.25) is 0 Å². The third-order valence-corrected chi connectivity index (χ3v) is 3.18. The summed E-state index contributed by atoms with van der Waals surface area (Å²) in [6, 6.07) is 2.76. The Bertz CT molecular complexity index is 419. The molecule has 0 aliphatic carbocycles. The van der Waals surface area contributed by atoms with Crippen molar-refractivity contribution in [1.29, 1.82) is 0 Å². The lowest BCUT2D eigenvalue weighted by Gasteiger charge is -2.22. The Morgan fingerprint density at radius 2 is 2.00 bits per heavy atom. The molecule has 1 aromatic rings. The van der Waals surface area contributed by atoms with Crippen LogP contribution in [0.15, 0.2) is 12.1 Å². The first kappa shape index (κ1) is 13.9. The number of nitrogens with two attached hydrogens (primary N) is 1. The second-order valence-corrected chi connectivity index (χ2v) is 4.62. The first-order valence-corrected chi connectivity index (χ1v) is 6.63. The van der Waals surface area contributed by atoms with Gasteiger partial charge in [-0.25, -0.2) is 4.39 Å². The van der Waals surface area contributed by atoms with Gasteiger partial charge in [0.05, 0.1) is 18.9 Å². The predicted molar refractivity (Wildman–Crippen MR) is 71.0 cm³/mol. The molecule has 0 spiro atoms. The predicted octanol–water partition coefficient (Wildman–Crippen LogP) is 2.61. The highest BCUT2D eigenvalue weighted by Gasteiger charge is 2.16. The summed E-state index contributed by atoms with van der Waals surface area (Å²) in [6.45, 7) is 4.33. The lowest BCUT2D eigenvalue weighted by Crippen LogP contribution is -2.21. The minimum absolute atomic E-state index is 0.179. The van der Waals surface area contributed by atoms with E-state index in [1.165, 1.54) is 12.1 Å². The van der Waals surface area contributed by atoms with E-state index >= 15 is 0 Å². The molecule has 2 rings (SSSR count). The molecule has 4 nitrogen and oxygen atoms in total. The fraction of sp³-hybridized carbons (Fsp3) is 0.571. The quantitative estimate of drug-likeness (QED) is 0.835. The van der Waals surface area contributed by atoms with Crippen LogP contribution in [0.25, 0.3) is 0 Å². The van der Waals surface area contributed by atoms with E-state index in [1.807, 2.05) is 0 Å². The van der Waals surface area contributed by atoms with Gasteiger partial charge in [0, 0.05) is 25.3 Å². The van der Waals surface area contributed by atoms with Gasteiger partial charge in [-0.3, -0.25) is 0 Å². The van der Waals surface area contributed by atoms with Gasteiger partial charge < -0.3 is 19.9 Å². The molecule has 0 bridgehead atoms. The summed E-state index contributed by atoms with van der Waals surface area (Å²) in [5.74, 6) is 0.668. The van der Waals surface area contributed by atoms with E-state index in [0.29, 0.717) is 30.6 Å². The zero-order valence-corrected chi connectivity index (χ0v) is 11.2. The molecule has 0 amide bonds. The van der Waals surface area contributed by atoms with E-state index in [1.54, 1.807) is 6.92 Å². The largest absolute Gasteiger partial charge is 0.491 e. The maximum atomic E-state index is 13.5. The van der Waals surface area contributed by atoms with Crippen molar-refractivity contribution in [1.82, 2.24) is 0 Å². The highest BCUT2D eigenvalue weighted by atomic mass is 19.1. The van der Waals surface area contributed by atoms with Crippen LogP contribution in [0.2, 0.25) is 0 Å². The SMILES string of the molecule is CCOc1cc(OCC2CCOCC2)c(N)cc1F. The minimum atomic E-state index is -0.460. The van der Waals surface area contributed by atoms with E-state index in [9.17, 15) is 4.39 Å². The molecule has 1 heterocycles. The molecule has 0 unspecified atom stereocenters. The van der Waals surface area contributed by atoms with Gasteiger partial charge >= 0.3 is 0 Å². The van der Waals surface area contributed by atoms with Gasteiger partial charge in [0.25, 0.3) is 0 Å². The van der Waals surface area contributed by atoms with Crippen LogP contribution in [-0.2, 0) is 4.74 Å². The summed E-state index contributed by atoms with van der Waals surface area (Å²) in [5, 5.41) is 0. The molecule has 2 N–H and O–H groups in total. The zero-order chi connectivity index (χ0) is 13.7. The van der Waals surface area contributed by atoms with Crippen LogP contribution in [0, 0.1) is 11.7 Å². The second-order valence-electron chi connectivity index (χ2n) is 4.62. The van der Waals surface area contributed by atoms with Gasteiger partial charge in [-0.1, -0.05) is 0 Å². The monoisotopic (exact) mass is 269 g/mol. The van der Waals surface area contributed by atoms with Crippen LogP contribution in [0.3, 0.4) is 0 Å². The molecular weight excluding hydrogens is 249 g/mol. The Hall–Kier alpha value is -1.49. The number of hydrogen-bond acceptors (Lipinski definition) is 4. The smallest absolute Gasteiger partial charge is 0.167 e. The lowest BCUT2D eigenvalue weighted by molar-refractivity contribution is 0.0498. The highest BCUT2D eigenvalue weighted by Crippen LogP contribution is 2.31. The lowest BCUT2D eigenvalue weighted by atomic mass is 10.0. The normalized spacial score (nSPS) is 16.3. The Kier molecular flexibility index (Phi) is 4.85. The summed E-state index contributed by atoms with van der Waals surface area (Å²) in [5.41, 5.74) is 6.06. The van der Waals surface area contributed by atoms with Gasteiger partial charge in [-0.05, 0) is 25.7 Å². The van der Waals surface area contributed by atoms with E-state index in [0.717, 1.165) is 26.1 Å². The summed E-state index contributed by atoms with van der Waals surface area (Å²) in [6.07, 6.45) is 1.97. The topological polar surface area (TPSA) is 53.7 Å². The van der Waals surface area contributed by atoms with Crippen molar-refractivity contribution in [3.05, 3.63) is 17.9 Å². The summed E-state index contributed by atoms with van der Waals surface area (Å²) in [7, 11) is 0. The molecular formula is C14H20FNO3. The van der Waals surface area contributed by atoms with E-state index in [4.69, 9.17) is 19.9 Å². The first-order chi connectivity index (χ1) is 9.20. The fourth-order valence-electron chi connectivity index (χ4n) is 2.06. The van der Waals surface area contributed by atoms with Crippen molar-refractivity contribution >= 4 is 5.69 Å². The van der Waals surface area contributed by atoms with Crippen LogP contribution in [-0.4, -0.2) is 26.4 Å². The number of ether oxygens (including phenoxy) is 3. The molecule has 1 aromatic carbocycles. The molecule has 0 aromatic heterocycles. The number of hydrogen-bond donors (Lipinski definition) is 1. The fourth-order valence-corrected chi connectivity index (χ4v) is 2.06. The first-order valence-electron chi connectivity index (χ1n) is 6.63. The molecule has 0 saturated carbocycles. The average Bonchev–Trinajstić information content (AvgIpc) is 2.42. The van der Waals surface area contributed by atoms with Crippen LogP contribution >= 0.6 is 0 Å². The van der Waals surface area contributed by atoms with Crippen molar-refractivity contribution in [2.24, 2.45) is 5.92 Å². The molecule has 1 fully saturated rings. The summed E-state index contributed by atoms with van der Waals surface area (Å²) < 4.78 is 29.7. The zero-order valence-electron chi connectivity index (χ0n) is 11.2. The third-order valence-electron chi connectivity index (χ3n) is 3.18. The summed E-state index contributed by atoms with van der Waals surface area (Å²) >= 11 is 0. The molecule has 0 atom stereocenters. The van der Waals surface area contributed by atoms with E-state index < -0.39 is 5.82 Å². The standard InChI is InChI=1S/C14H20FNO3/c1-2-18-13-8-14(12(16)7-11(13)15)19-9-10-3-5-17-6-4-10/h7-8,10H,2-6,9,16H2,1H3.